The number of hydrogen-bond acceptors (Lipinski definition) is 8. The topological polar surface area (TPSA) is 220 Å². The summed E-state index contributed by atoms with van der Waals surface area (Å²) < 4.78 is 0. The van der Waals surface area contributed by atoms with Gasteiger partial charge in [0.05, 0.1) is 0 Å². The lowest BCUT2D eigenvalue weighted by Gasteiger charge is -2.26. The third-order valence-corrected chi connectivity index (χ3v) is 3.86. The molecule has 0 aliphatic carbocycles. The zero-order chi connectivity index (χ0) is 23.4. The molecular weight excluding hydrogens is 392 g/mol. The van der Waals surface area contributed by atoms with Crippen LogP contribution >= 0.6 is 0 Å². The van der Waals surface area contributed by atoms with Crippen LogP contribution in [0.5, 0.6) is 0 Å². The van der Waals surface area contributed by atoms with E-state index < -0.39 is 35.5 Å². The summed E-state index contributed by atoms with van der Waals surface area (Å²) in [6, 6.07) is -1.56. The Labute approximate surface area is 177 Å². The first-order valence-electron chi connectivity index (χ1n) is 9.99. The highest BCUT2D eigenvalue weighted by molar-refractivity contribution is 6.12. The fourth-order valence-corrected chi connectivity index (χ4v) is 2.33. The maximum Gasteiger partial charge on any atom is 0.234 e. The third-order valence-electron chi connectivity index (χ3n) is 3.86. The third kappa shape index (κ3) is 11.0. The van der Waals surface area contributed by atoms with E-state index in [4.69, 9.17) is 22.9 Å². The second-order valence-corrected chi connectivity index (χ2v) is 7.85. The lowest BCUT2D eigenvalue weighted by Crippen LogP contribution is -2.57. The van der Waals surface area contributed by atoms with Crippen LogP contribution in [0.1, 0.15) is 27.7 Å². The van der Waals surface area contributed by atoms with E-state index in [-0.39, 0.29) is 50.3 Å². The van der Waals surface area contributed by atoms with Crippen molar-refractivity contribution >= 4 is 23.6 Å². The molecule has 0 aromatic rings. The Balaban J connectivity index is 5.85. The van der Waals surface area contributed by atoms with Crippen molar-refractivity contribution in [2.45, 2.75) is 51.9 Å². The van der Waals surface area contributed by atoms with Gasteiger partial charge in [-0.25, -0.2) is 0 Å². The molecule has 30 heavy (non-hydrogen) atoms. The SMILES string of the molecule is CC(N)CNC(=O)C(C(=O)NCC(C)N)C(C(=O)NCC(C)N)C(=O)NCC(C)N. The molecule has 0 fully saturated rings. The average molecular weight is 431 g/mol. The van der Waals surface area contributed by atoms with Gasteiger partial charge in [0.2, 0.25) is 23.6 Å². The van der Waals surface area contributed by atoms with Crippen molar-refractivity contribution in [1.29, 1.82) is 0 Å². The van der Waals surface area contributed by atoms with Gasteiger partial charge in [0.15, 0.2) is 0 Å². The Hall–Kier alpha value is -2.28. The maximum absolute atomic E-state index is 12.8. The van der Waals surface area contributed by atoms with Gasteiger partial charge in [-0.1, -0.05) is 0 Å². The summed E-state index contributed by atoms with van der Waals surface area (Å²) in [7, 11) is 0. The molecule has 0 aliphatic heterocycles. The second-order valence-electron chi connectivity index (χ2n) is 7.85. The quantitative estimate of drug-likeness (QED) is 0.134. The Morgan fingerprint density at radius 3 is 0.800 bits per heavy atom. The molecule has 0 saturated heterocycles. The molecule has 4 atom stereocenters. The first kappa shape index (κ1) is 27.7. The van der Waals surface area contributed by atoms with Crippen molar-refractivity contribution in [3.63, 3.8) is 0 Å². The fourth-order valence-electron chi connectivity index (χ4n) is 2.33. The zero-order valence-electron chi connectivity index (χ0n) is 18.2. The van der Waals surface area contributed by atoms with Crippen LogP contribution in [-0.4, -0.2) is 74.0 Å². The molecule has 0 saturated carbocycles. The summed E-state index contributed by atoms with van der Waals surface area (Å²) in [4.78, 5) is 51.2. The summed E-state index contributed by atoms with van der Waals surface area (Å²) in [5.41, 5.74) is 22.6. The molecule has 0 aromatic heterocycles. The predicted octanol–water partition coefficient (Wildman–Crippen LogP) is -3.93. The molecule has 0 bridgehead atoms. The summed E-state index contributed by atoms with van der Waals surface area (Å²) >= 11 is 0. The first-order valence-corrected chi connectivity index (χ1v) is 9.99. The number of rotatable bonds is 13. The van der Waals surface area contributed by atoms with E-state index in [0.29, 0.717) is 0 Å². The summed E-state index contributed by atoms with van der Waals surface area (Å²) in [5, 5.41) is 10.0. The van der Waals surface area contributed by atoms with Gasteiger partial charge in [-0.15, -0.1) is 0 Å². The molecule has 0 aromatic carbocycles. The second kappa shape index (κ2) is 13.9. The summed E-state index contributed by atoms with van der Waals surface area (Å²) in [5.74, 6) is -6.47. The smallest absolute Gasteiger partial charge is 0.234 e. The molecule has 0 spiro atoms. The standard InChI is InChI=1S/C18H38N8O4/c1-9(19)5-23-15(27)13(16(28)24-6-10(2)20)14(17(29)25-7-11(3)21)18(30)26-8-12(4)22/h9-14H,5-8,19-22H2,1-4H3,(H,23,27)(H,24,28)(H,25,29)(H,26,30). The van der Waals surface area contributed by atoms with E-state index >= 15 is 0 Å². The largest absolute Gasteiger partial charge is 0.354 e. The molecule has 12 nitrogen and oxygen atoms in total. The number of amides is 4. The van der Waals surface area contributed by atoms with Gasteiger partial charge in [-0.2, -0.15) is 0 Å². The highest BCUT2D eigenvalue weighted by Crippen LogP contribution is 2.15. The van der Waals surface area contributed by atoms with Crippen molar-refractivity contribution in [2.24, 2.45) is 34.8 Å². The van der Waals surface area contributed by atoms with Gasteiger partial charge in [0.25, 0.3) is 0 Å². The minimum Gasteiger partial charge on any atom is -0.354 e. The Bertz CT molecular complexity index is 483. The predicted molar refractivity (Wildman–Crippen MR) is 114 cm³/mol. The van der Waals surface area contributed by atoms with E-state index in [1.165, 1.54) is 0 Å². The van der Waals surface area contributed by atoms with Gasteiger partial charge in [0.1, 0.15) is 11.8 Å². The average Bonchev–Trinajstić information content (AvgIpc) is 2.64. The maximum atomic E-state index is 12.8. The van der Waals surface area contributed by atoms with E-state index in [1.807, 2.05) is 0 Å². The van der Waals surface area contributed by atoms with Crippen LogP contribution in [0.3, 0.4) is 0 Å². The van der Waals surface area contributed by atoms with Gasteiger partial charge in [-0.05, 0) is 27.7 Å². The van der Waals surface area contributed by atoms with Crippen molar-refractivity contribution in [2.75, 3.05) is 26.2 Å². The Morgan fingerprint density at radius 1 is 0.500 bits per heavy atom. The normalized spacial score (nSPS) is 16.9. The number of hydrogen-bond donors (Lipinski definition) is 8. The van der Waals surface area contributed by atoms with E-state index in [2.05, 4.69) is 21.3 Å². The minimum absolute atomic E-state index is 0.0610. The highest BCUT2D eigenvalue weighted by Gasteiger charge is 2.44. The molecular formula is C18H38N8O4. The van der Waals surface area contributed by atoms with Gasteiger partial charge in [0, 0.05) is 50.3 Å². The van der Waals surface area contributed by atoms with Crippen LogP contribution in [-0.2, 0) is 19.2 Å². The minimum atomic E-state index is -1.64. The van der Waals surface area contributed by atoms with Crippen molar-refractivity contribution in [3.05, 3.63) is 0 Å². The summed E-state index contributed by atoms with van der Waals surface area (Å²) in [6.45, 7) is 6.89. The van der Waals surface area contributed by atoms with Crippen LogP contribution in [0, 0.1) is 11.8 Å². The lowest BCUT2D eigenvalue weighted by atomic mass is 9.88. The highest BCUT2D eigenvalue weighted by atomic mass is 16.2. The van der Waals surface area contributed by atoms with Crippen molar-refractivity contribution < 1.29 is 19.2 Å². The Morgan fingerprint density at radius 2 is 0.667 bits per heavy atom. The molecule has 174 valence electrons. The van der Waals surface area contributed by atoms with Gasteiger partial charge < -0.3 is 44.2 Å². The van der Waals surface area contributed by atoms with E-state index in [1.54, 1.807) is 27.7 Å². The molecule has 12 heteroatoms. The van der Waals surface area contributed by atoms with E-state index in [9.17, 15) is 19.2 Å². The van der Waals surface area contributed by atoms with Crippen LogP contribution < -0.4 is 44.2 Å². The van der Waals surface area contributed by atoms with Crippen LogP contribution in [0.4, 0.5) is 0 Å². The number of nitrogens with one attached hydrogen (secondary N) is 4. The van der Waals surface area contributed by atoms with Crippen molar-refractivity contribution in [1.82, 2.24) is 21.3 Å². The molecule has 4 unspecified atom stereocenters. The van der Waals surface area contributed by atoms with E-state index in [0.717, 1.165) is 0 Å². The molecule has 0 heterocycles. The molecule has 0 radical (unpaired) electrons. The number of carbonyl (C=O) groups is 4. The van der Waals surface area contributed by atoms with Crippen LogP contribution in [0.2, 0.25) is 0 Å². The van der Waals surface area contributed by atoms with Crippen LogP contribution in [0.25, 0.3) is 0 Å². The molecule has 4 amide bonds. The van der Waals surface area contributed by atoms with Crippen LogP contribution in [0.15, 0.2) is 0 Å². The number of carbonyl (C=O) groups excluding carboxylic acids is 4. The molecule has 0 rings (SSSR count). The first-order chi connectivity index (χ1) is 13.9. The van der Waals surface area contributed by atoms with Crippen molar-refractivity contribution in [3.8, 4) is 0 Å². The lowest BCUT2D eigenvalue weighted by molar-refractivity contribution is -0.149. The number of nitrogens with two attached hydrogens (primary N) is 4. The molecule has 12 N–H and O–H groups in total. The molecule has 0 aliphatic rings. The monoisotopic (exact) mass is 430 g/mol. The Kier molecular flexibility index (Phi) is 12.8. The van der Waals surface area contributed by atoms with Gasteiger partial charge >= 0.3 is 0 Å². The zero-order valence-corrected chi connectivity index (χ0v) is 18.2. The van der Waals surface area contributed by atoms with Gasteiger partial charge in [-0.3, -0.25) is 19.2 Å². The fraction of sp³-hybridized carbons (Fsp3) is 0.778. The summed E-state index contributed by atoms with van der Waals surface area (Å²) in [6.07, 6.45) is 0.